The van der Waals surface area contributed by atoms with E-state index in [1.165, 1.54) is 23.5 Å². The molecule has 0 atom stereocenters. The highest BCUT2D eigenvalue weighted by Crippen LogP contribution is 2.33. The predicted molar refractivity (Wildman–Crippen MR) is 86.0 cm³/mol. The third kappa shape index (κ3) is 2.10. The molecule has 2 aromatic carbocycles. The molecule has 0 spiro atoms. The van der Waals surface area contributed by atoms with Crippen LogP contribution in [0.3, 0.4) is 0 Å². The number of fused-ring (bicyclic) bond motifs is 1. The van der Waals surface area contributed by atoms with E-state index in [0.29, 0.717) is 0 Å². The van der Waals surface area contributed by atoms with Crippen LogP contribution >= 0.6 is 11.3 Å². The number of phenols is 2. The summed E-state index contributed by atoms with van der Waals surface area (Å²) < 4.78 is 0. The maximum Gasteiger partial charge on any atom is 0.167 e. The smallest absolute Gasteiger partial charge is 0.167 e. The van der Waals surface area contributed by atoms with Gasteiger partial charge in [0.1, 0.15) is 0 Å². The van der Waals surface area contributed by atoms with Gasteiger partial charge in [0.05, 0.1) is 16.7 Å². The molecular weight excluding hydrogens is 298 g/mol. The first kappa shape index (κ1) is 12.8. The molecule has 5 nitrogen and oxygen atoms in total. The van der Waals surface area contributed by atoms with E-state index < -0.39 is 0 Å². The molecule has 4 rings (SSSR count). The van der Waals surface area contributed by atoms with E-state index in [1.54, 1.807) is 6.07 Å². The Morgan fingerprint density at radius 1 is 0.955 bits per heavy atom. The summed E-state index contributed by atoms with van der Waals surface area (Å²) in [5.41, 5.74) is 3.35. The summed E-state index contributed by atoms with van der Waals surface area (Å²) in [6.45, 7) is 0. The number of para-hydroxylation sites is 2. The van der Waals surface area contributed by atoms with Gasteiger partial charge in [0.15, 0.2) is 22.3 Å². The van der Waals surface area contributed by atoms with Crippen LogP contribution in [0, 0.1) is 0 Å². The third-order valence-electron chi connectivity index (χ3n) is 3.37. The number of imidazole rings is 1. The van der Waals surface area contributed by atoms with Crippen molar-refractivity contribution in [3.63, 3.8) is 0 Å². The van der Waals surface area contributed by atoms with Gasteiger partial charge >= 0.3 is 0 Å². The molecule has 0 aliphatic rings. The Morgan fingerprint density at radius 2 is 1.82 bits per heavy atom. The average molecular weight is 309 g/mol. The third-order valence-corrected chi connectivity index (χ3v) is 4.22. The number of benzene rings is 2. The molecule has 0 saturated carbocycles. The highest BCUT2D eigenvalue weighted by Gasteiger charge is 2.11. The fourth-order valence-corrected chi connectivity index (χ4v) is 3.02. The molecule has 0 radical (unpaired) electrons. The molecule has 2 aromatic heterocycles. The van der Waals surface area contributed by atoms with E-state index in [4.69, 9.17) is 0 Å². The van der Waals surface area contributed by atoms with E-state index in [0.717, 1.165) is 33.1 Å². The lowest BCUT2D eigenvalue weighted by molar-refractivity contribution is 0.404. The summed E-state index contributed by atoms with van der Waals surface area (Å²) in [6.07, 6.45) is 0. The van der Waals surface area contributed by atoms with Gasteiger partial charge in [-0.1, -0.05) is 12.1 Å². The molecule has 0 amide bonds. The molecular formula is C16H11N3O2S. The number of H-pyrrole nitrogens is 1. The molecule has 4 aromatic rings. The molecule has 108 valence electrons. The molecule has 0 unspecified atom stereocenters. The number of aromatic nitrogens is 3. The second kappa shape index (κ2) is 4.85. The van der Waals surface area contributed by atoms with E-state index in [9.17, 15) is 10.2 Å². The van der Waals surface area contributed by atoms with Crippen LogP contribution in [0.4, 0.5) is 0 Å². The van der Waals surface area contributed by atoms with Crippen molar-refractivity contribution in [3.8, 4) is 33.6 Å². The van der Waals surface area contributed by atoms with Gasteiger partial charge in [0, 0.05) is 10.9 Å². The number of aromatic hydroxyl groups is 2. The zero-order valence-corrected chi connectivity index (χ0v) is 12.1. The number of hydrogen-bond donors (Lipinski definition) is 3. The molecule has 0 aliphatic carbocycles. The number of aromatic amines is 1. The fraction of sp³-hybridized carbons (Fsp3) is 0. The highest BCUT2D eigenvalue weighted by molar-refractivity contribution is 7.13. The van der Waals surface area contributed by atoms with Gasteiger partial charge in [0.25, 0.3) is 0 Å². The van der Waals surface area contributed by atoms with Crippen LogP contribution in [0.1, 0.15) is 0 Å². The summed E-state index contributed by atoms with van der Waals surface area (Å²) in [7, 11) is 0. The minimum atomic E-state index is -0.157. The molecule has 0 aliphatic heterocycles. The van der Waals surface area contributed by atoms with Gasteiger partial charge in [0.2, 0.25) is 0 Å². The normalized spacial score (nSPS) is 11.1. The lowest BCUT2D eigenvalue weighted by Gasteiger charge is -2.00. The zero-order chi connectivity index (χ0) is 15.1. The lowest BCUT2D eigenvalue weighted by Crippen LogP contribution is -1.81. The SMILES string of the molecule is Oc1ccc(-c2csc(-c3nc4ccccc4[nH]3)n2)cc1O. The van der Waals surface area contributed by atoms with E-state index in [-0.39, 0.29) is 11.5 Å². The van der Waals surface area contributed by atoms with Gasteiger partial charge in [-0.3, -0.25) is 0 Å². The van der Waals surface area contributed by atoms with Crippen molar-refractivity contribution in [2.24, 2.45) is 0 Å². The van der Waals surface area contributed by atoms with Crippen LogP contribution < -0.4 is 0 Å². The van der Waals surface area contributed by atoms with Crippen molar-refractivity contribution < 1.29 is 10.2 Å². The summed E-state index contributed by atoms with van der Waals surface area (Å²) in [5, 5.41) is 21.6. The van der Waals surface area contributed by atoms with Crippen LogP contribution in [0.15, 0.2) is 47.8 Å². The summed E-state index contributed by atoms with van der Waals surface area (Å²) in [4.78, 5) is 12.3. The minimum absolute atomic E-state index is 0.142. The van der Waals surface area contributed by atoms with Crippen LogP contribution in [-0.4, -0.2) is 25.2 Å². The van der Waals surface area contributed by atoms with Crippen molar-refractivity contribution in [1.82, 2.24) is 15.0 Å². The number of rotatable bonds is 2. The average Bonchev–Trinajstić information content (AvgIpc) is 3.15. The van der Waals surface area contributed by atoms with Crippen molar-refractivity contribution in [3.05, 3.63) is 47.8 Å². The second-order valence-electron chi connectivity index (χ2n) is 4.84. The van der Waals surface area contributed by atoms with Gasteiger partial charge in [-0.2, -0.15) is 0 Å². The zero-order valence-electron chi connectivity index (χ0n) is 11.3. The molecule has 2 heterocycles. The number of phenolic OH excluding ortho intramolecular Hbond substituents is 2. The first-order chi connectivity index (χ1) is 10.7. The maximum atomic E-state index is 9.59. The molecule has 0 saturated heterocycles. The largest absolute Gasteiger partial charge is 0.504 e. The van der Waals surface area contributed by atoms with Crippen molar-refractivity contribution >= 4 is 22.4 Å². The van der Waals surface area contributed by atoms with Gasteiger partial charge in [-0.25, -0.2) is 9.97 Å². The van der Waals surface area contributed by atoms with Gasteiger partial charge in [-0.05, 0) is 30.3 Å². The number of nitrogens with zero attached hydrogens (tertiary/aromatic N) is 2. The standard InChI is InChI=1S/C16H11N3O2S/c20-13-6-5-9(7-14(13)21)12-8-22-16(19-12)15-17-10-3-1-2-4-11(10)18-15/h1-8,20-21H,(H,17,18). The summed E-state index contributed by atoms with van der Waals surface area (Å²) in [5.74, 6) is 0.424. The Balaban J connectivity index is 1.75. The highest BCUT2D eigenvalue weighted by atomic mass is 32.1. The number of thiazole rings is 1. The van der Waals surface area contributed by atoms with Crippen LogP contribution in [0.2, 0.25) is 0 Å². The van der Waals surface area contributed by atoms with Gasteiger partial charge in [-0.15, -0.1) is 11.3 Å². The van der Waals surface area contributed by atoms with Crippen molar-refractivity contribution in [1.29, 1.82) is 0 Å². The molecule has 22 heavy (non-hydrogen) atoms. The Kier molecular flexibility index (Phi) is 2.83. The van der Waals surface area contributed by atoms with Crippen LogP contribution in [0.5, 0.6) is 11.5 Å². The van der Waals surface area contributed by atoms with Crippen molar-refractivity contribution in [2.75, 3.05) is 0 Å². The summed E-state index contributed by atoms with van der Waals surface area (Å²) >= 11 is 1.47. The summed E-state index contributed by atoms with van der Waals surface area (Å²) in [6, 6.07) is 12.5. The van der Waals surface area contributed by atoms with Crippen molar-refractivity contribution in [2.45, 2.75) is 0 Å². The van der Waals surface area contributed by atoms with E-state index >= 15 is 0 Å². The predicted octanol–water partition coefficient (Wildman–Crippen LogP) is 3.76. The Bertz CT molecular complexity index is 941. The number of nitrogens with one attached hydrogen (secondary N) is 1. The van der Waals surface area contributed by atoms with Crippen LogP contribution in [-0.2, 0) is 0 Å². The van der Waals surface area contributed by atoms with E-state index in [1.807, 2.05) is 29.6 Å². The topological polar surface area (TPSA) is 82.0 Å². The molecule has 3 N–H and O–H groups in total. The minimum Gasteiger partial charge on any atom is -0.504 e. The van der Waals surface area contributed by atoms with E-state index in [2.05, 4.69) is 15.0 Å². The monoisotopic (exact) mass is 309 g/mol. The first-order valence-electron chi connectivity index (χ1n) is 6.64. The molecule has 0 fully saturated rings. The van der Waals surface area contributed by atoms with Gasteiger partial charge < -0.3 is 15.2 Å². The molecule has 0 bridgehead atoms. The lowest BCUT2D eigenvalue weighted by atomic mass is 10.1. The Labute approximate surface area is 129 Å². The van der Waals surface area contributed by atoms with Crippen LogP contribution in [0.25, 0.3) is 33.1 Å². The number of hydrogen-bond acceptors (Lipinski definition) is 5. The molecule has 6 heteroatoms. The fourth-order valence-electron chi connectivity index (χ4n) is 2.25. The quantitative estimate of drug-likeness (QED) is 0.492. The first-order valence-corrected chi connectivity index (χ1v) is 7.52. The Hall–Kier alpha value is -2.86. The maximum absolute atomic E-state index is 9.59. The second-order valence-corrected chi connectivity index (χ2v) is 5.70. The Morgan fingerprint density at radius 3 is 2.64 bits per heavy atom.